The van der Waals surface area contributed by atoms with Gasteiger partial charge in [0.1, 0.15) is 0 Å². The maximum atomic E-state index is 13.0. The van der Waals surface area contributed by atoms with Crippen molar-refractivity contribution in [2.24, 2.45) is 40.6 Å². The average molecular weight is 452 g/mol. The van der Waals surface area contributed by atoms with Gasteiger partial charge in [-0.1, -0.05) is 71.4 Å². The van der Waals surface area contributed by atoms with E-state index in [1.807, 2.05) is 30.3 Å². The lowest BCUT2D eigenvalue weighted by molar-refractivity contribution is -0.138. The molecule has 5 atom stereocenters. The molecule has 5 N–H and O–H groups in total. The maximum absolute atomic E-state index is 13.0. The standard InChI is InChI=1S/C25H41N3O2.ClH/c1-16(2)13-21(26)23(29)28-22(19-9-7-6-8-10-19)15-25(24(27)30)14-18(5)11-12-20(25)17(3)4;/h6-10,16-18,20-22H,11-15,26H2,1-5H3,(H2,27,30)(H,28,29);1H/t18?,20?,21-,22-,25?;/m0./s1. The van der Waals surface area contributed by atoms with Crippen LogP contribution in [0.25, 0.3) is 0 Å². The Balaban J connectivity index is 0.00000480. The molecule has 1 aromatic rings. The lowest BCUT2D eigenvalue weighted by Crippen LogP contribution is -2.52. The van der Waals surface area contributed by atoms with Crippen molar-refractivity contribution in [3.05, 3.63) is 35.9 Å². The van der Waals surface area contributed by atoms with Crippen molar-refractivity contribution in [2.75, 3.05) is 0 Å². The Morgan fingerprint density at radius 1 is 1.13 bits per heavy atom. The third kappa shape index (κ3) is 6.95. The molecule has 0 aromatic heterocycles. The molecule has 1 aliphatic rings. The van der Waals surface area contributed by atoms with Crippen LogP contribution in [0.1, 0.15) is 78.3 Å². The van der Waals surface area contributed by atoms with Crippen LogP contribution < -0.4 is 16.8 Å². The molecule has 31 heavy (non-hydrogen) atoms. The number of nitrogens with two attached hydrogens (primary N) is 2. The second-order valence-corrected chi connectivity index (χ2v) is 10.2. The second-order valence-electron chi connectivity index (χ2n) is 10.2. The van der Waals surface area contributed by atoms with E-state index in [2.05, 4.69) is 39.9 Å². The van der Waals surface area contributed by atoms with Crippen molar-refractivity contribution in [1.29, 1.82) is 0 Å². The molecule has 1 fully saturated rings. The summed E-state index contributed by atoms with van der Waals surface area (Å²) in [5.74, 6) is 0.917. The Morgan fingerprint density at radius 3 is 2.26 bits per heavy atom. The van der Waals surface area contributed by atoms with Crippen molar-refractivity contribution in [3.63, 3.8) is 0 Å². The molecular formula is C25H42ClN3O2. The number of hydrogen-bond acceptors (Lipinski definition) is 3. The van der Waals surface area contributed by atoms with Crippen molar-refractivity contribution < 1.29 is 9.59 Å². The zero-order valence-electron chi connectivity index (χ0n) is 19.8. The summed E-state index contributed by atoms with van der Waals surface area (Å²) >= 11 is 0. The first kappa shape index (κ1) is 27.4. The number of hydrogen-bond donors (Lipinski definition) is 3. The first-order chi connectivity index (χ1) is 14.1. The summed E-state index contributed by atoms with van der Waals surface area (Å²) in [7, 11) is 0. The quantitative estimate of drug-likeness (QED) is 0.511. The Morgan fingerprint density at radius 2 is 1.74 bits per heavy atom. The molecule has 3 unspecified atom stereocenters. The topological polar surface area (TPSA) is 98.2 Å². The molecule has 1 aliphatic carbocycles. The molecule has 1 saturated carbocycles. The normalized spacial score (nSPS) is 25.5. The number of amides is 2. The number of primary amides is 1. The van der Waals surface area contributed by atoms with Gasteiger partial charge in [0.05, 0.1) is 17.5 Å². The number of benzene rings is 1. The Bertz CT molecular complexity index is 710. The van der Waals surface area contributed by atoms with Gasteiger partial charge in [-0.15, -0.1) is 12.4 Å². The molecule has 0 bridgehead atoms. The zero-order chi connectivity index (χ0) is 22.5. The number of halogens is 1. The third-order valence-corrected chi connectivity index (χ3v) is 6.84. The van der Waals surface area contributed by atoms with Gasteiger partial charge in [-0.2, -0.15) is 0 Å². The molecule has 0 radical (unpaired) electrons. The first-order valence-electron chi connectivity index (χ1n) is 11.5. The molecule has 0 spiro atoms. The van der Waals surface area contributed by atoms with Gasteiger partial charge in [-0.25, -0.2) is 0 Å². The van der Waals surface area contributed by atoms with Crippen LogP contribution in [0, 0.1) is 29.1 Å². The van der Waals surface area contributed by atoms with Gasteiger partial charge < -0.3 is 16.8 Å². The van der Waals surface area contributed by atoms with Gasteiger partial charge in [0.15, 0.2) is 0 Å². The summed E-state index contributed by atoms with van der Waals surface area (Å²) < 4.78 is 0. The van der Waals surface area contributed by atoms with Crippen molar-refractivity contribution >= 4 is 24.2 Å². The van der Waals surface area contributed by atoms with Crippen LogP contribution in [0.15, 0.2) is 30.3 Å². The van der Waals surface area contributed by atoms with Gasteiger partial charge in [0.25, 0.3) is 0 Å². The van der Waals surface area contributed by atoms with Crippen molar-refractivity contribution in [2.45, 2.75) is 78.8 Å². The summed E-state index contributed by atoms with van der Waals surface area (Å²) in [5.41, 5.74) is 12.6. The van der Waals surface area contributed by atoms with Crippen LogP contribution in [0.4, 0.5) is 0 Å². The summed E-state index contributed by atoms with van der Waals surface area (Å²) in [6.45, 7) is 10.7. The minimum absolute atomic E-state index is 0. The van der Waals surface area contributed by atoms with Gasteiger partial charge >= 0.3 is 0 Å². The van der Waals surface area contributed by atoms with E-state index in [9.17, 15) is 9.59 Å². The molecule has 5 nitrogen and oxygen atoms in total. The first-order valence-corrected chi connectivity index (χ1v) is 11.5. The Hall–Kier alpha value is -1.59. The summed E-state index contributed by atoms with van der Waals surface area (Å²) in [4.78, 5) is 25.9. The van der Waals surface area contributed by atoms with Crippen LogP contribution in [-0.4, -0.2) is 17.9 Å². The van der Waals surface area contributed by atoms with Crippen LogP contribution in [0.5, 0.6) is 0 Å². The Labute approximate surface area is 194 Å². The minimum Gasteiger partial charge on any atom is -0.369 e. The fourth-order valence-electron chi connectivity index (χ4n) is 5.40. The van der Waals surface area contributed by atoms with E-state index in [4.69, 9.17) is 11.5 Å². The molecule has 0 heterocycles. The van der Waals surface area contributed by atoms with E-state index >= 15 is 0 Å². The summed E-state index contributed by atoms with van der Waals surface area (Å²) in [6.07, 6.45) is 4.01. The highest BCUT2D eigenvalue weighted by molar-refractivity contribution is 5.85. The molecule has 1 aromatic carbocycles. The minimum atomic E-state index is -0.637. The van der Waals surface area contributed by atoms with E-state index in [0.717, 1.165) is 24.8 Å². The predicted octanol–water partition coefficient (Wildman–Crippen LogP) is 4.59. The van der Waals surface area contributed by atoms with Gasteiger partial charge in [0, 0.05) is 0 Å². The lowest BCUT2D eigenvalue weighted by Gasteiger charge is -2.48. The number of carbonyl (C=O) groups excluding carboxylic acids is 2. The van der Waals surface area contributed by atoms with Gasteiger partial charge in [-0.3, -0.25) is 9.59 Å². The maximum Gasteiger partial charge on any atom is 0.237 e. The monoisotopic (exact) mass is 451 g/mol. The second kappa shape index (κ2) is 11.9. The van der Waals surface area contributed by atoms with Crippen LogP contribution in [0.2, 0.25) is 0 Å². The molecule has 176 valence electrons. The zero-order valence-corrected chi connectivity index (χ0v) is 20.6. The average Bonchev–Trinajstić information content (AvgIpc) is 2.67. The third-order valence-electron chi connectivity index (χ3n) is 6.84. The number of carbonyl (C=O) groups is 2. The molecule has 0 aliphatic heterocycles. The lowest BCUT2D eigenvalue weighted by atomic mass is 9.57. The fraction of sp³-hybridized carbons (Fsp3) is 0.680. The SMILES string of the molecule is CC(C)C[C@H](N)C(=O)N[C@@H](CC1(C(N)=O)CC(C)CCC1C(C)C)c1ccccc1.Cl. The molecule has 6 heteroatoms. The van der Waals surface area contributed by atoms with E-state index in [-0.39, 0.29) is 36.2 Å². The fourth-order valence-corrected chi connectivity index (χ4v) is 5.40. The van der Waals surface area contributed by atoms with E-state index in [1.54, 1.807) is 0 Å². The van der Waals surface area contributed by atoms with Crippen LogP contribution in [0.3, 0.4) is 0 Å². The molecule has 2 amide bonds. The van der Waals surface area contributed by atoms with Crippen LogP contribution in [-0.2, 0) is 9.59 Å². The van der Waals surface area contributed by atoms with E-state index < -0.39 is 11.5 Å². The molecule has 2 rings (SSSR count). The number of rotatable bonds is 9. The van der Waals surface area contributed by atoms with E-state index in [0.29, 0.717) is 30.6 Å². The highest BCUT2D eigenvalue weighted by atomic mass is 35.5. The number of nitrogens with one attached hydrogen (secondary N) is 1. The van der Waals surface area contributed by atoms with Gasteiger partial charge in [0.2, 0.25) is 11.8 Å². The molecule has 0 saturated heterocycles. The largest absolute Gasteiger partial charge is 0.369 e. The smallest absolute Gasteiger partial charge is 0.237 e. The van der Waals surface area contributed by atoms with Crippen LogP contribution >= 0.6 is 12.4 Å². The summed E-state index contributed by atoms with van der Waals surface area (Å²) in [5, 5.41) is 3.17. The predicted molar refractivity (Wildman–Crippen MR) is 130 cm³/mol. The summed E-state index contributed by atoms with van der Waals surface area (Å²) in [6, 6.07) is 9.03. The highest BCUT2D eigenvalue weighted by Crippen LogP contribution is 2.51. The molecular weight excluding hydrogens is 410 g/mol. The Kier molecular flexibility index (Phi) is 10.5. The van der Waals surface area contributed by atoms with Crippen molar-refractivity contribution in [1.82, 2.24) is 5.32 Å². The van der Waals surface area contributed by atoms with E-state index in [1.165, 1.54) is 0 Å². The van der Waals surface area contributed by atoms with Crippen molar-refractivity contribution in [3.8, 4) is 0 Å². The highest BCUT2D eigenvalue weighted by Gasteiger charge is 2.50. The van der Waals surface area contributed by atoms with Gasteiger partial charge in [-0.05, 0) is 54.9 Å².